The lowest BCUT2D eigenvalue weighted by Gasteiger charge is -2.25. The van der Waals surface area contributed by atoms with Crippen molar-refractivity contribution >= 4 is 11.6 Å². The fraction of sp³-hybridized carbons (Fsp3) is 0.400. The number of hydrogen-bond acceptors (Lipinski definition) is 3. The predicted octanol–water partition coefficient (Wildman–Crippen LogP) is 4.05. The Labute approximate surface area is 148 Å². The van der Waals surface area contributed by atoms with E-state index in [-0.39, 0.29) is 0 Å². The summed E-state index contributed by atoms with van der Waals surface area (Å²) in [6.45, 7) is 3.91. The lowest BCUT2D eigenvalue weighted by Crippen LogP contribution is -2.36. The molecule has 0 unspecified atom stereocenters. The van der Waals surface area contributed by atoms with E-state index in [0.717, 1.165) is 12.3 Å². The van der Waals surface area contributed by atoms with Gasteiger partial charge in [0.05, 0.1) is 0 Å². The minimum Gasteiger partial charge on any atom is -0.491 e. The van der Waals surface area contributed by atoms with Crippen molar-refractivity contribution < 1.29 is 9.84 Å². The maximum absolute atomic E-state index is 10.4. The molecule has 1 atom stereocenters. The van der Waals surface area contributed by atoms with E-state index in [0.29, 0.717) is 24.2 Å². The SMILES string of the molecule is Cc1cccc(CN(C[C@H](O)COc2ccc(Cl)cc2)C2CC2)c1. The summed E-state index contributed by atoms with van der Waals surface area (Å²) in [5.41, 5.74) is 2.57. The molecule has 3 rings (SSSR count). The van der Waals surface area contributed by atoms with Crippen LogP contribution in [0.5, 0.6) is 5.75 Å². The van der Waals surface area contributed by atoms with Crippen LogP contribution in [-0.4, -0.2) is 35.3 Å². The van der Waals surface area contributed by atoms with Gasteiger partial charge in [-0.25, -0.2) is 0 Å². The van der Waals surface area contributed by atoms with Crippen LogP contribution in [0.1, 0.15) is 24.0 Å². The number of hydrogen-bond donors (Lipinski definition) is 1. The summed E-state index contributed by atoms with van der Waals surface area (Å²) in [5.74, 6) is 0.732. The van der Waals surface area contributed by atoms with Crippen LogP contribution in [0.3, 0.4) is 0 Å². The van der Waals surface area contributed by atoms with Gasteiger partial charge in [0.15, 0.2) is 0 Å². The number of aryl methyl sites for hydroxylation is 1. The lowest BCUT2D eigenvalue weighted by molar-refractivity contribution is 0.0626. The van der Waals surface area contributed by atoms with Crippen molar-refractivity contribution in [3.63, 3.8) is 0 Å². The Kier molecular flexibility index (Phi) is 5.77. The maximum Gasteiger partial charge on any atom is 0.119 e. The number of rotatable bonds is 8. The van der Waals surface area contributed by atoms with E-state index in [1.54, 1.807) is 12.1 Å². The van der Waals surface area contributed by atoms with Crippen molar-refractivity contribution in [2.24, 2.45) is 0 Å². The topological polar surface area (TPSA) is 32.7 Å². The Morgan fingerprint density at radius 1 is 1.21 bits per heavy atom. The van der Waals surface area contributed by atoms with Crippen LogP contribution in [0.15, 0.2) is 48.5 Å². The van der Waals surface area contributed by atoms with Crippen LogP contribution in [0.25, 0.3) is 0 Å². The summed E-state index contributed by atoms with van der Waals surface area (Å²) in [5, 5.41) is 11.0. The molecule has 1 N–H and O–H groups in total. The normalized spacial score (nSPS) is 15.5. The first-order valence-electron chi connectivity index (χ1n) is 8.46. The second-order valence-corrected chi connectivity index (χ2v) is 7.00. The summed E-state index contributed by atoms with van der Waals surface area (Å²) in [7, 11) is 0. The number of ether oxygens (including phenoxy) is 1. The number of aliphatic hydroxyl groups is 1. The monoisotopic (exact) mass is 345 g/mol. The molecule has 0 aliphatic heterocycles. The first kappa shape index (κ1) is 17.3. The van der Waals surface area contributed by atoms with Gasteiger partial charge in [0, 0.05) is 24.2 Å². The maximum atomic E-state index is 10.4. The van der Waals surface area contributed by atoms with Gasteiger partial charge in [0.2, 0.25) is 0 Å². The minimum atomic E-state index is -0.508. The summed E-state index contributed by atoms with van der Waals surface area (Å²) < 4.78 is 5.66. The van der Waals surface area contributed by atoms with Crippen molar-refractivity contribution in [2.45, 2.75) is 38.5 Å². The van der Waals surface area contributed by atoms with Gasteiger partial charge >= 0.3 is 0 Å². The molecule has 0 heterocycles. The zero-order valence-corrected chi connectivity index (χ0v) is 14.7. The Morgan fingerprint density at radius 3 is 2.62 bits per heavy atom. The van der Waals surface area contributed by atoms with E-state index >= 15 is 0 Å². The molecule has 0 aromatic heterocycles. The number of halogens is 1. The van der Waals surface area contributed by atoms with Crippen molar-refractivity contribution in [1.82, 2.24) is 4.90 Å². The molecule has 0 radical (unpaired) electrons. The Hall–Kier alpha value is -1.55. The van der Waals surface area contributed by atoms with E-state index in [4.69, 9.17) is 16.3 Å². The molecular weight excluding hydrogens is 322 g/mol. The molecule has 1 aliphatic rings. The van der Waals surface area contributed by atoms with Gasteiger partial charge in [-0.1, -0.05) is 41.4 Å². The molecule has 4 heteroatoms. The predicted molar refractivity (Wildman–Crippen MR) is 97.6 cm³/mol. The summed E-state index contributed by atoms with van der Waals surface area (Å²) in [4.78, 5) is 2.37. The molecule has 2 aromatic carbocycles. The van der Waals surface area contributed by atoms with Gasteiger partial charge in [-0.05, 0) is 49.6 Å². The molecule has 0 spiro atoms. The van der Waals surface area contributed by atoms with Gasteiger partial charge in [-0.2, -0.15) is 0 Å². The third-order valence-electron chi connectivity index (χ3n) is 4.23. The van der Waals surface area contributed by atoms with Crippen molar-refractivity contribution in [3.8, 4) is 5.75 Å². The first-order chi connectivity index (χ1) is 11.6. The Morgan fingerprint density at radius 2 is 1.96 bits per heavy atom. The molecule has 0 amide bonds. The fourth-order valence-corrected chi connectivity index (χ4v) is 3.00. The van der Waals surface area contributed by atoms with Crippen LogP contribution in [-0.2, 0) is 6.54 Å². The zero-order chi connectivity index (χ0) is 16.9. The van der Waals surface area contributed by atoms with E-state index in [9.17, 15) is 5.11 Å². The van der Waals surface area contributed by atoms with E-state index in [1.165, 1.54) is 24.0 Å². The van der Waals surface area contributed by atoms with Crippen molar-refractivity contribution in [2.75, 3.05) is 13.2 Å². The summed E-state index contributed by atoms with van der Waals surface area (Å²) in [6.07, 6.45) is 1.93. The quantitative estimate of drug-likeness (QED) is 0.783. The van der Waals surface area contributed by atoms with Crippen LogP contribution in [0, 0.1) is 6.92 Å². The second kappa shape index (κ2) is 8.02. The smallest absolute Gasteiger partial charge is 0.119 e. The third-order valence-corrected chi connectivity index (χ3v) is 4.48. The molecule has 0 bridgehead atoms. The van der Waals surface area contributed by atoms with Gasteiger partial charge in [-0.3, -0.25) is 4.90 Å². The Balaban J connectivity index is 1.52. The highest BCUT2D eigenvalue weighted by atomic mass is 35.5. The largest absolute Gasteiger partial charge is 0.491 e. The number of benzene rings is 2. The number of aliphatic hydroxyl groups excluding tert-OH is 1. The molecular formula is C20H24ClNO2. The van der Waals surface area contributed by atoms with Crippen LogP contribution >= 0.6 is 11.6 Å². The highest BCUT2D eigenvalue weighted by Gasteiger charge is 2.30. The van der Waals surface area contributed by atoms with E-state index < -0.39 is 6.10 Å². The average molecular weight is 346 g/mol. The lowest BCUT2D eigenvalue weighted by atomic mass is 10.1. The first-order valence-corrected chi connectivity index (χ1v) is 8.84. The van der Waals surface area contributed by atoms with Gasteiger partial charge < -0.3 is 9.84 Å². The van der Waals surface area contributed by atoms with E-state index in [2.05, 4.69) is 36.1 Å². The molecule has 1 aliphatic carbocycles. The van der Waals surface area contributed by atoms with Crippen LogP contribution in [0.4, 0.5) is 0 Å². The van der Waals surface area contributed by atoms with Gasteiger partial charge in [-0.15, -0.1) is 0 Å². The molecule has 2 aromatic rings. The van der Waals surface area contributed by atoms with Gasteiger partial charge in [0.25, 0.3) is 0 Å². The minimum absolute atomic E-state index is 0.290. The highest BCUT2D eigenvalue weighted by Crippen LogP contribution is 2.28. The number of nitrogens with zero attached hydrogens (tertiary/aromatic N) is 1. The summed E-state index contributed by atoms with van der Waals surface area (Å²) >= 11 is 5.86. The second-order valence-electron chi connectivity index (χ2n) is 6.57. The molecule has 3 nitrogen and oxygen atoms in total. The molecule has 1 saturated carbocycles. The third kappa shape index (κ3) is 5.23. The van der Waals surface area contributed by atoms with Crippen LogP contribution in [0.2, 0.25) is 5.02 Å². The van der Waals surface area contributed by atoms with Crippen LogP contribution < -0.4 is 4.74 Å². The Bertz CT molecular complexity index is 655. The highest BCUT2D eigenvalue weighted by molar-refractivity contribution is 6.30. The standard InChI is InChI=1S/C20H24ClNO2/c1-15-3-2-4-16(11-15)12-22(18-7-8-18)13-19(23)14-24-20-9-5-17(21)6-10-20/h2-6,9-11,18-19,23H,7-8,12-14H2,1H3/t19-/m0/s1. The molecule has 1 fully saturated rings. The summed E-state index contributed by atoms with van der Waals surface area (Å²) in [6, 6.07) is 16.4. The molecule has 128 valence electrons. The fourth-order valence-electron chi connectivity index (χ4n) is 2.87. The zero-order valence-electron chi connectivity index (χ0n) is 14.0. The van der Waals surface area contributed by atoms with Gasteiger partial charge in [0.1, 0.15) is 18.5 Å². The molecule has 0 saturated heterocycles. The van der Waals surface area contributed by atoms with Crippen molar-refractivity contribution in [3.05, 3.63) is 64.7 Å². The molecule has 24 heavy (non-hydrogen) atoms. The van der Waals surface area contributed by atoms with Crippen molar-refractivity contribution in [1.29, 1.82) is 0 Å². The average Bonchev–Trinajstić information content (AvgIpc) is 3.39. The van der Waals surface area contributed by atoms with E-state index in [1.807, 2.05) is 12.1 Å².